The molecule has 0 aliphatic carbocycles. The number of unbranched alkanes of at least 4 members (excludes halogenated alkanes) is 9. The maximum atomic E-state index is 11.9. The Balaban J connectivity index is 3.48. The summed E-state index contributed by atoms with van der Waals surface area (Å²) in [5, 5.41) is 0. The fourth-order valence-electron chi connectivity index (χ4n) is 2.61. The molecular weight excluding hydrogens is 246 g/mol. The van der Waals surface area contributed by atoms with Crippen LogP contribution in [0.15, 0.2) is 12.2 Å². The highest BCUT2D eigenvalue weighted by molar-refractivity contribution is 5.86. The summed E-state index contributed by atoms with van der Waals surface area (Å²) >= 11 is 0. The molecule has 0 heterocycles. The number of nitrogens with zero attached hydrogens (tertiary/aromatic N) is 1. The van der Waals surface area contributed by atoms with Crippen LogP contribution in [-0.4, -0.2) is 31.0 Å². The molecule has 0 spiro atoms. The Morgan fingerprint density at radius 1 is 0.850 bits per heavy atom. The van der Waals surface area contributed by atoms with Crippen molar-refractivity contribution in [3.8, 4) is 0 Å². The van der Waals surface area contributed by atoms with Gasteiger partial charge in [-0.05, 0) is 19.8 Å². The van der Waals surface area contributed by atoms with Gasteiger partial charge in [0.15, 0.2) is 0 Å². The summed E-state index contributed by atoms with van der Waals surface area (Å²) in [7, 11) is 3.98. The second-order valence-electron chi connectivity index (χ2n) is 6.68. The number of amides is 1. The summed E-state index contributed by atoms with van der Waals surface area (Å²) in [5.74, 6) is 0.168. The van der Waals surface area contributed by atoms with E-state index in [-0.39, 0.29) is 5.91 Å². The smallest absolute Gasteiger partial charge is 0.261 e. The van der Waals surface area contributed by atoms with E-state index in [0.29, 0.717) is 10.1 Å². The molecule has 0 aromatic heterocycles. The zero-order valence-corrected chi connectivity index (χ0v) is 14.3. The van der Waals surface area contributed by atoms with Gasteiger partial charge in [-0.2, -0.15) is 0 Å². The van der Waals surface area contributed by atoms with E-state index in [0.717, 1.165) is 13.0 Å². The van der Waals surface area contributed by atoms with Gasteiger partial charge in [0.25, 0.3) is 0 Å². The Kier molecular flexibility index (Phi) is 10.7. The van der Waals surface area contributed by atoms with E-state index in [4.69, 9.17) is 0 Å². The maximum absolute atomic E-state index is 11.9. The third-order valence-electron chi connectivity index (χ3n) is 3.99. The molecular formula is C18H36NO+. The zero-order chi connectivity index (χ0) is 15.4. The molecule has 0 radical (unpaired) electrons. The molecule has 2 heteroatoms. The van der Waals surface area contributed by atoms with Crippen LogP contribution in [0.3, 0.4) is 0 Å². The standard InChI is InChI=1S/C18H36NO/c1-6-7-8-9-10-11-12-13-14-15-16-19(4,5)18(20)17(2)3/h2,6-16H2,1,3-5H3/q+1. The van der Waals surface area contributed by atoms with Crippen molar-refractivity contribution >= 4 is 5.91 Å². The minimum absolute atomic E-state index is 0.168. The molecule has 0 aromatic carbocycles. The normalized spacial score (nSPS) is 11.6. The van der Waals surface area contributed by atoms with Crippen LogP contribution in [0, 0.1) is 0 Å². The molecule has 0 atom stereocenters. The Hall–Kier alpha value is -0.630. The molecule has 0 aliphatic rings. The molecule has 0 fully saturated rings. The molecule has 0 bridgehead atoms. The highest BCUT2D eigenvalue weighted by Crippen LogP contribution is 2.12. The minimum atomic E-state index is 0.168. The lowest BCUT2D eigenvalue weighted by molar-refractivity contribution is -0.812. The molecule has 118 valence electrons. The van der Waals surface area contributed by atoms with Gasteiger partial charge in [-0.3, -0.25) is 4.48 Å². The monoisotopic (exact) mass is 282 g/mol. The van der Waals surface area contributed by atoms with Gasteiger partial charge in [0.05, 0.1) is 20.6 Å². The average molecular weight is 282 g/mol. The average Bonchev–Trinajstić information content (AvgIpc) is 2.39. The summed E-state index contributed by atoms with van der Waals surface area (Å²) in [6.07, 6.45) is 13.4. The minimum Gasteiger partial charge on any atom is -0.261 e. The van der Waals surface area contributed by atoms with Crippen LogP contribution in [0.5, 0.6) is 0 Å². The Bertz CT molecular complexity index is 281. The summed E-state index contributed by atoms with van der Waals surface area (Å²) in [5.41, 5.74) is 0.669. The van der Waals surface area contributed by atoms with E-state index in [1.807, 2.05) is 14.1 Å². The lowest BCUT2D eigenvalue weighted by Gasteiger charge is -2.26. The molecule has 0 saturated heterocycles. The number of hydrogen-bond donors (Lipinski definition) is 0. The van der Waals surface area contributed by atoms with Crippen molar-refractivity contribution in [3.63, 3.8) is 0 Å². The van der Waals surface area contributed by atoms with E-state index < -0.39 is 0 Å². The van der Waals surface area contributed by atoms with E-state index in [1.165, 1.54) is 57.8 Å². The van der Waals surface area contributed by atoms with Crippen molar-refractivity contribution in [3.05, 3.63) is 12.2 Å². The second kappa shape index (κ2) is 11.1. The predicted octanol–water partition coefficient (Wildman–Crippen LogP) is 5.09. The first-order chi connectivity index (χ1) is 9.41. The van der Waals surface area contributed by atoms with Crippen LogP contribution in [0.4, 0.5) is 0 Å². The van der Waals surface area contributed by atoms with Crippen LogP contribution in [-0.2, 0) is 4.79 Å². The Labute approximate surface area is 126 Å². The summed E-state index contributed by atoms with van der Waals surface area (Å²) in [6, 6.07) is 0. The number of carbonyl (C=O) groups excluding carboxylic acids is 1. The molecule has 20 heavy (non-hydrogen) atoms. The van der Waals surface area contributed by atoms with Gasteiger partial charge in [-0.25, -0.2) is 4.79 Å². The Morgan fingerprint density at radius 2 is 1.25 bits per heavy atom. The van der Waals surface area contributed by atoms with Gasteiger partial charge >= 0.3 is 5.91 Å². The molecule has 0 aromatic rings. The van der Waals surface area contributed by atoms with Gasteiger partial charge in [0, 0.05) is 5.57 Å². The van der Waals surface area contributed by atoms with Crippen LogP contribution in [0.2, 0.25) is 0 Å². The number of hydrogen-bond acceptors (Lipinski definition) is 1. The van der Waals surface area contributed by atoms with E-state index in [2.05, 4.69) is 13.5 Å². The van der Waals surface area contributed by atoms with E-state index >= 15 is 0 Å². The first-order valence-corrected chi connectivity index (χ1v) is 8.45. The molecule has 0 rings (SSSR count). The Morgan fingerprint density at radius 3 is 1.65 bits per heavy atom. The van der Waals surface area contributed by atoms with Crippen molar-refractivity contribution in [1.82, 2.24) is 0 Å². The van der Waals surface area contributed by atoms with Gasteiger partial charge < -0.3 is 0 Å². The van der Waals surface area contributed by atoms with Gasteiger partial charge in [0.2, 0.25) is 0 Å². The third kappa shape index (κ3) is 9.30. The van der Waals surface area contributed by atoms with Gasteiger partial charge in [0.1, 0.15) is 0 Å². The second-order valence-corrected chi connectivity index (χ2v) is 6.68. The lowest BCUT2D eigenvalue weighted by atomic mass is 10.1. The van der Waals surface area contributed by atoms with Crippen molar-refractivity contribution in [1.29, 1.82) is 0 Å². The fraction of sp³-hybridized carbons (Fsp3) is 0.833. The number of likely N-dealkylation sites (N-methyl/N-ethyl adjacent to an activating group) is 1. The van der Waals surface area contributed by atoms with Crippen LogP contribution in [0.1, 0.15) is 78.1 Å². The molecule has 0 aliphatic heterocycles. The SMILES string of the molecule is C=C(C)C(=O)[N+](C)(C)CCCCCCCCCCCC. The highest BCUT2D eigenvalue weighted by atomic mass is 16.2. The predicted molar refractivity (Wildman–Crippen MR) is 88.6 cm³/mol. The summed E-state index contributed by atoms with van der Waals surface area (Å²) in [6.45, 7) is 8.76. The largest absolute Gasteiger partial charge is 0.340 e. The first kappa shape index (κ1) is 19.4. The fourth-order valence-corrected chi connectivity index (χ4v) is 2.61. The molecule has 2 nitrogen and oxygen atoms in total. The highest BCUT2D eigenvalue weighted by Gasteiger charge is 2.25. The lowest BCUT2D eigenvalue weighted by Crippen LogP contribution is -2.46. The maximum Gasteiger partial charge on any atom is 0.340 e. The first-order valence-electron chi connectivity index (χ1n) is 8.45. The third-order valence-corrected chi connectivity index (χ3v) is 3.99. The number of quaternary nitrogens is 1. The number of rotatable bonds is 12. The van der Waals surface area contributed by atoms with Crippen LogP contribution >= 0.6 is 0 Å². The molecule has 0 unspecified atom stereocenters. The number of carbonyl (C=O) groups is 1. The van der Waals surface area contributed by atoms with Gasteiger partial charge in [-0.15, -0.1) is 0 Å². The van der Waals surface area contributed by atoms with Crippen molar-refractivity contribution in [2.75, 3.05) is 20.6 Å². The summed E-state index contributed by atoms with van der Waals surface area (Å²) < 4.78 is 0.451. The van der Waals surface area contributed by atoms with Crippen molar-refractivity contribution < 1.29 is 9.28 Å². The van der Waals surface area contributed by atoms with E-state index in [1.54, 1.807) is 6.92 Å². The van der Waals surface area contributed by atoms with Gasteiger partial charge in [-0.1, -0.05) is 64.9 Å². The van der Waals surface area contributed by atoms with Crippen LogP contribution in [0.25, 0.3) is 0 Å². The molecule has 1 amide bonds. The van der Waals surface area contributed by atoms with Crippen molar-refractivity contribution in [2.45, 2.75) is 78.1 Å². The topological polar surface area (TPSA) is 17.1 Å². The molecule has 0 N–H and O–H groups in total. The van der Waals surface area contributed by atoms with Crippen LogP contribution < -0.4 is 0 Å². The quantitative estimate of drug-likeness (QED) is 0.277. The summed E-state index contributed by atoms with van der Waals surface area (Å²) in [4.78, 5) is 11.9. The van der Waals surface area contributed by atoms with Crippen molar-refractivity contribution in [2.24, 2.45) is 0 Å². The van der Waals surface area contributed by atoms with E-state index in [9.17, 15) is 4.79 Å². The molecule has 0 saturated carbocycles. The zero-order valence-electron chi connectivity index (χ0n) is 14.3.